The molecular weight excluding hydrogens is 314 g/mol. The predicted octanol–water partition coefficient (Wildman–Crippen LogP) is 2.68. The SMILES string of the molecule is C=CCN1C(=O)COc2ccc(-c3csc(NC(C)=O)n3)cc21. The average molecular weight is 329 g/mol. The molecule has 0 fully saturated rings. The molecule has 0 bridgehead atoms. The lowest BCUT2D eigenvalue weighted by atomic mass is 10.1. The normalized spacial score (nSPS) is 13.3. The van der Waals surface area contributed by atoms with Gasteiger partial charge < -0.3 is 15.0 Å². The van der Waals surface area contributed by atoms with E-state index < -0.39 is 0 Å². The number of carbonyl (C=O) groups is 2. The maximum Gasteiger partial charge on any atom is 0.265 e. The van der Waals surface area contributed by atoms with E-state index in [0.717, 1.165) is 11.3 Å². The zero-order chi connectivity index (χ0) is 16.4. The Morgan fingerprint density at radius 2 is 2.39 bits per heavy atom. The smallest absolute Gasteiger partial charge is 0.265 e. The molecule has 2 amide bonds. The van der Waals surface area contributed by atoms with Gasteiger partial charge >= 0.3 is 0 Å². The Morgan fingerprint density at radius 1 is 1.57 bits per heavy atom. The van der Waals surface area contributed by atoms with Gasteiger partial charge in [0, 0.05) is 24.4 Å². The van der Waals surface area contributed by atoms with Crippen LogP contribution in [-0.2, 0) is 9.59 Å². The third-order valence-corrected chi connectivity index (χ3v) is 4.05. The van der Waals surface area contributed by atoms with Crippen LogP contribution in [0.15, 0.2) is 36.2 Å². The van der Waals surface area contributed by atoms with Crippen molar-refractivity contribution < 1.29 is 14.3 Å². The van der Waals surface area contributed by atoms with E-state index in [0.29, 0.717) is 23.1 Å². The van der Waals surface area contributed by atoms with E-state index in [2.05, 4.69) is 16.9 Å². The van der Waals surface area contributed by atoms with Crippen LogP contribution in [0.5, 0.6) is 5.75 Å². The summed E-state index contributed by atoms with van der Waals surface area (Å²) in [6.07, 6.45) is 1.68. The van der Waals surface area contributed by atoms with Crippen molar-refractivity contribution in [3.05, 3.63) is 36.2 Å². The Hall–Kier alpha value is -2.67. The first-order valence-corrected chi connectivity index (χ1v) is 7.88. The number of nitrogens with zero attached hydrogens (tertiary/aromatic N) is 2. The zero-order valence-electron chi connectivity index (χ0n) is 12.5. The summed E-state index contributed by atoms with van der Waals surface area (Å²) in [5, 5.41) is 5.06. The molecule has 0 saturated carbocycles. The fraction of sp³-hybridized carbons (Fsp3) is 0.188. The molecule has 1 aromatic carbocycles. The number of fused-ring (bicyclic) bond motifs is 1. The average Bonchev–Trinajstić information content (AvgIpc) is 2.97. The van der Waals surface area contributed by atoms with E-state index in [-0.39, 0.29) is 18.4 Å². The molecule has 0 saturated heterocycles. The predicted molar refractivity (Wildman–Crippen MR) is 89.9 cm³/mol. The van der Waals surface area contributed by atoms with Crippen molar-refractivity contribution in [1.82, 2.24) is 4.98 Å². The van der Waals surface area contributed by atoms with Gasteiger partial charge in [-0.15, -0.1) is 17.9 Å². The van der Waals surface area contributed by atoms with Crippen molar-refractivity contribution in [3.63, 3.8) is 0 Å². The van der Waals surface area contributed by atoms with Crippen molar-refractivity contribution in [2.45, 2.75) is 6.92 Å². The van der Waals surface area contributed by atoms with Crippen LogP contribution in [0.25, 0.3) is 11.3 Å². The summed E-state index contributed by atoms with van der Waals surface area (Å²) in [6.45, 7) is 5.58. The van der Waals surface area contributed by atoms with Gasteiger partial charge in [0.15, 0.2) is 11.7 Å². The van der Waals surface area contributed by atoms with Gasteiger partial charge in [-0.2, -0.15) is 0 Å². The van der Waals surface area contributed by atoms with E-state index in [1.807, 2.05) is 23.6 Å². The van der Waals surface area contributed by atoms with Crippen molar-refractivity contribution in [3.8, 4) is 17.0 Å². The highest BCUT2D eigenvalue weighted by Crippen LogP contribution is 2.36. The minimum Gasteiger partial charge on any atom is -0.482 e. The van der Waals surface area contributed by atoms with E-state index in [4.69, 9.17) is 4.74 Å². The number of amides is 2. The van der Waals surface area contributed by atoms with E-state index >= 15 is 0 Å². The Morgan fingerprint density at radius 3 is 3.13 bits per heavy atom. The van der Waals surface area contributed by atoms with Gasteiger partial charge in [0.2, 0.25) is 5.91 Å². The summed E-state index contributed by atoms with van der Waals surface area (Å²) in [5.41, 5.74) is 2.29. The van der Waals surface area contributed by atoms with Crippen LogP contribution in [-0.4, -0.2) is 29.9 Å². The number of thiazole rings is 1. The summed E-state index contributed by atoms with van der Waals surface area (Å²) < 4.78 is 5.46. The van der Waals surface area contributed by atoms with E-state index in [1.54, 1.807) is 11.0 Å². The second-order valence-corrected chi connectivity index (χ2v) is 5.84. The number of ether oxygens (including phenoxy) is 1. The summed E-state index contributed by atoms with van der Waals surface area (Å²) in [7, 11) is 0. The number of benzene rings is 1. The van der Waals surface area contributed by atoms with Gasteiger partial charge in [0.25, 0.3) is 5.91 Å². The molecule has 1 aliphatic heterocycles. The van der Waals surface area contributed by atoms with Gasteiger partial charge in [-0.1, -0.05) is 6.08 Å². The minimum absolute atomic E-state index is 0.0313. The van der Waals surface area contributed by atoms with Gasteiger partial charge in [0.1, 0.15) is 5.75 Å². The van der Waals surface area contributed by atoms with Crippen LogP contribution in [0.4, 0.5) is 10.8 Å². The summed E-state index contributed by atoms with van der Waals surface area (Å²) in [5.74, 6) is 0.395. The first-order chi connectivity index (χ1) is 11.1. The maximum absolute atomic E-state index is 12.0. The molecular formula is C16H15N3O3S. The molecule has 3 rings (SSSR count). The molecule has 0 unspecified atom stereocenters. The number of hydrogen-bond acceptors (Lipinski definition) is 5. The van der Waals surface area contributed by atoms with E-state index in [1.165, 1.54) is 18.3 Å². The fourth-order valence-corrected chi connectivity index (χ4v) is 3.07. The first kappa shape index (κ1) is 15.2. The molecule has 6 nitrogen and oxygen atoms in total. The minimum atomic E-state index is -0.160. The molecule has 7 heteroatoms. The van der Waals surface area contributed by atoms with E-state index in [9.17, 15) is 9.59 Å². The molecule has 1 aromatic heterocycles. The molecule has 23 heavy (non-hydrogen) atoms. The zero-order valence-corrected chi connectivity index (χ0v) is 13.4. The Labute approximate surface area is 137 Å². The van der Waals surface area contributed by atoms with Gasteiger partial charge in [0.05, 0.1) is 11.4 Å². The topological polar surface area (TPSA) is 71.5 Å². The number of rotatable bonds is 4. The van der Waals surface area contributed by atoms with Crippen LogP contribution in [0, 0.1) is 0 Å². The van der Waals surface area contributed by atoms with Crippen molar-refractivity contribution in [1.29, 1.82) is 0 Å². The number of carbonyl (C=O) groups excluding carboxylic acids is 2. The largest absolute Gasteiger partial charge is 0.482 e. The fourth-order valence-electron chi connectivity index (χ4n) is 2.31. The molecule has 0 atom stereocenters. The molecule has 118 valence electrons. The number of nitrogens with one attached hydrogen (secondary N) is 1. The highest BCUT2D eigenvalue weighted by Gasteiger charge is 2.25. The number of hydrogen-bond donors (Lipinski definition) is 1. The second kappa shape index (κ2) is 6.21. The molecule has 1 aliphatic rings. The van der Waals surface area contributed by atoms with Crippen molar-refractivity contribution in [2.75, 3.05) is 23.4 Å². The second-order valence-electron chi connectivity index (χ2n) is 4.98. The molecule has 1 N–H and O–H groups in total. The van der Waals surface area contributed by atoms with Gasteiger partial charge in [-0.3, -0.25) is 9.59 Å². The van der Waals surface area contributed by atoms with Crippen LogP contribution in [0.1, 0.15) is 6.92 Å². The molecule has 0 radical (unpaired) electrons. The molecule has 0 aliphatic carbocycles. The summed E-state index contributed by atoms with van der Waals surface area (Å²) >= 11 is 1.35. The lowest BCUT2D eigenvalue weighted by Gasteiger charge is -2.28. The Kier molecular flexibility index (Phi) is 4.12. The summed E-state index contributed by atoms with van der Waals surface area (Å²) in [4.78, 5) is 29.1. The molecule has 2 heterocycles. The quantitative estimate of drug-likeness (QED) is 0.876. The Bertz CT molecular complexity index is 785. The standard InChI is InChI=1S/C16H15N3O3S/c1-3-6-19-13-7-11(4-5-14(13)22-8-15(19)21)12-9-23-16(18-12)17-10(2)20/h3-5,7,9H,1,6,8H2,2H3,(H,17,18,20). The number of anilines is 2. The highest BCUT2D eigenvalue weighted by atomic mass is 32.1. The van der Waals surface area contributed by atoms with Gasteiger partial charge in [-0.25, -0.2) is 4.98 Å². The molecule has 2 aromatic rings. The lowest BCUT2D eigenvalue weighted by molar-refractivity contribution is -0.121. The monoisotopic (exact) mass is 329 g/mol. The van der Waals surface area contributed by atoms with Crippen LogP contribution < -0.4 is 15.0 Å². The summed E-state index contributed by atoms with van der Waals surface area (Å²) in [6, 6.07) is 5.57. The van der Waals surface area contributed by atoms with Crippen LogP contribution in [0.3, 0.4) is 0 Å². The van der Waals surface area contributed by atoms with Gasteiger partial charge in [-0.05, 0) is 18.2 Å². The third kappa shape index (κ3) is 3.09. The molecule has 0 spiro atoms. The maximum atomic E-state index is 12.0. The van der Waals surface area contributed by atoms with Crippen LogP contribution >= 0.6 is 11.3 Å². The van der Waals surface area contributed by atoms with Crippen molar-refractivity contribution >= 4 is 34.0 Å². The Balaban J connectivity index is 1.96. The van der Waals surface area contributed by atoms with Crippen molar-refractivity contribution in [2.24, 2.45) is 0 Å². The first-order valence-electron chi connectivity index (χ1n) is 7.00. The third-order valence-electron chi connectivity index (χ3n) is 3.30. The number of aromatic nitrogens is 1. The van der Waals surface area contributed by atoms with Crippen LogP contribution in [0.2, 0.25) is 0 Å². The lowest BCUT2D eigenvalue weighted by Crippen LogP contribution is -2.38. The highest BCUT2D eigenvalue weighted by molar-refractivity contribution is 7.14.